The molecule has 15 heteroatoms. The summed E-state index contributed by atoms with van der Waals surface area (Å²) in [5.74, 6) is -0.0404. The third-order valence-corrected chi connectivity index (χ3v) is 9.78. The van der Waals surface area contributed by atoms with Crippen LogP contribution in [0.2, 0.25) is 0 Å². The van der Waals surface area contributed by atoms with Gasteiger partial charge >= 0.3 is 12.4 Å². The number of rotatable bonds is 12. The van der Waals surface area contributed by atoms with Gasteiger partial charge in [-0.25, -0.2) is 0 Å². The number of benzene rings is 2. The highest BCUT2D eigenvalue weighted by atomic mass is 19.4. The van der Waals surface area contributed by atoms with E-state index in [-0.39, 0.29) is 18.7 Å². The van der Waals surface area contributed by atoms with Gasteiger partial charge in [0.05, 0.1) is 35.0 Å². The minimum atomic E-state index is -4.81. The Morgan fingerprint density at radius 3 is 2.38 bits per heavy atom. The zero-order chi connectivity index (χ0) is 37.1. The first-order valence-corrected chi connectivity index (χ1v) is 17.0. The Kier molecular flexibility index (Phi) is 11.0. The Morgan fingerprint density at radius 2 is 1.71 bits per heavy atom. The monoisotopic (exact) mass is 734 g/mol. The molecule has 3 aliphatic heterocycles. The van der Waals surface area contributed by atoms with E-state index >= 15 is 0 Å². The first kappa shape index (κ1) is 37.4. The molecule has 4 heterocycles. The van der Waals surface area contributed by atoms with Crippen LogP contribution in [0.5, 0.6) is 11.5 Å². The number of para-hydroxylation sites is 2. The average molecular weight is 735 g/mol. The van der Waals surface area contributed by atoms with Crippen LogP contribution < -0.4 is 14.4 Å². The van der Waals surface area contributed by atoms with E-state index in [4.69, 9.17) is 18.9 Å². The number of pyridine rings is 1. The minimum Gasteiger partial charge on any atom is -0.489 e. The quantitative estimate of drug-likeness (QED) is 0.0883. The minimum absolute atomic E-state index is 0.109. The Labute approximate surface area is 297 Å². The lowest BCUT2D eigenvalue weighted by atomic mass is 9.78. The molecule has 9 nitrogen and oxygen atoms in total. The lowest BCUT2D eigenvalue weighted by Gasteiger charge is -2.49. The number of piperidine rings is 1. The number of anilines is 1. The van der Waals surface area contributed by atoms with Gasteiger partial charge in [-0.3, -0.25) is 14.7 Å². The summed E-state index contributed by atoms with van der Waals surface area (Å²) in [6.07, 6.45) is -6.31. The molecule has 6 rings (SSSR count). The van der Waals surface area contributed by atoms with E-state index in [0.29, 0.717) is 52.2 Å². The van der Waals surface area contributed by atoms with Crippen LogP contribution in [0.15, 0.2) is 79.6 Å². The van der Waals surface area contributed by atoms with Crippen molar-refractivity contribution in [2.24, 2.45) is 0 Å². The normalized spacial score (nSPS) is 24.0. The van der Waals surface area contributed by atoms with Crippen LogP contribution in [-0.4, -0.2) is 97.7 Å². The van der Waals surface area contributed by atoms with Crippen molar-refractivity contribution in [1.82, 2.24) is 14.8 Å². The number of ether oxygens (including phenoxy) is 4. The number of carbonyl (C=O) groups excluding carboxylic acids is 1. The fourth-order valence-electron chi connectivity index (χ4n) is 7.28. The smallest absolute Gasteiger partial charge is 0.417 e. The van der Waals surface area contributed by atoms with Gasteiger partial charge in [-0.15, -0.1) is 6.58 Å². The molecule has 4 unspecified atom stereocenters. The lowest BCUT2D eigenvalue weighted by Crippen LogP contribution is -2.65. The third-order valence-electron chi connectivity index (χ3n) is 9.78. The SMILES string of the molecule is C=CCC1N(C(=O)c2cnccc2C(F)(F)F)CCCC1(Oc1ccc(C(F)(F)F)cc1)C1OC1N1CCN(c2ccccc2OCCOC)CC1. The number of aromatic nitrogens is 1. The van der Waals surface area contributed by atoms with Crippen molar-refractivity contribution >= 4 is 11.6 Å². The molecule has 0 radical (unpaired) electrons. The number of halogens is 6. The molecule has 0 bridgehead atoms. The molecule has 0 aliphatic carbocycles. The summed E-state index contributed by atoms with van der Waals surface area (Å²) in [4.78, 5) is 23.6. The van der Waals surface area contributed by atoms with Gasteiger partial charge in [-0.2, -0.15) is 26.3 Å². The number of likely N-dealkylation sites (tertiary alicyclic amines) is 1. The highest BCUT2D eigenvalue weighted by Crippen LogP contribution is 2.48. The fraction of sp³-hybridized carbons (Fsp3) is 0.459. The summed E-state index contributed by atoms with van der Waals surface area (Å²) in [6, 6.07) is 11.8. The molecule has 52 heavy (non-hydrogen) atoms. The molecule has 0 N–H and O–H groups in total. The van der Waals surface area contributed by atoms with Gasteiger partial charge in [0.25, 0.3) is 5.91 Å². The molecule has 1 aromatic heterocycles. The Hall–Kier alpha value is -4.34. The molecule has 280 valence electrons. The van der Waals surface area contributed by atoms with Crippen LogP contribution in [-0.2, 0) is 21.8 Å². The number of methoxy groups -OCH3 is 1. The van der Waals surface area contributed by atoms with Crippen molar-refractivity contribution in [3.05, 3.63) is 96.3 Å². The van der Waals surface area contributed by atoms with Crippen molar-refractivity contribution in [1.29, 1.82) is 0 Å². The average Bonchev–Trinajstić information content (AvgIpc) is 3.94. The molecule has 3 saturated heterocycles. The van der Waals surface area contributed by atoms with Gasteiger partial charge in [-0.05, 0) is 61.7 Å². The summed E-state index contributed by atoms with van der Waals surface area (Å²) in [6.45, 7) is 7.25. The second-order valence-electron chi connectivity index (χ2n) is 12.9. The van der Waals surface area contributed by atoms with Gasteiger partial charge in [0.1, 0.15) is 30.4 Å². The summed E-state index contributed by atoms with van der Waals surface area (Å²) in [7, 11) is 1.60. The number of nitrogens with zero attached hydrogens (tertiary/aromatic N) is 4. The Bertz CT molecular complexity index is 1700. The second-order valence-corrected chi connectivity index (χ2v) is 12.9. The maximum absolute atomic E-state index is 14.1. The first-order valence-electron chi connectivity index (χ1n) is 17.0. The van der Waals surface area contributed by atoms with E-state index in [2.05, 4.69) is 21.4 Å². The summed E-state index contributed by atoms with van der Waals surface area (Å²) < 4.78 is 106. The number of hydrogen-bond acceptors (Lipinski definition) is 8. The summed E-state index contributed by atoms with van der Waals surface area (Å²) in [5.41, 5.74) is -2.99. The van der Waals surface area contributed by atoms with E-state index in [9.17, 15) is 31.1 Å². The Morgan fingerprint density at radius 1 is 0.981 bits per heavy atom. The fourth-order valence-corrected chi connectivity index (χ4v) is 7.28. The van der Waals surface area contributed by atoms with Crippen molar-refractivity contribution in [3.8, 4) is 11.5 Å². The maximum Gasteiger partial charge on any atom is 0.417 e. The van der Waals surface area contributed by atoms with Crippen LogP contribution in [0.1, 0.15) is 40.7 Å². The van der Waals surface area contributed by atoms with Crippen LogP contribution in [0, 0.1) is 0 Å². The van der Waals surface area contributed by atoms with E-state index < -0.39 is 58.9 Å². The molecule has 3 aromatic rings. The number of piperazine rings is 1. The summed E-state index contributed by atoms with van der Waals surface area (Å²) >= 11 is 0. The van der Waals surface area contributed by atoms with Crippen molar-refractivity contribution in [2.75, 3.05) is 57.9 Å². The van der Waals surface area contributed by atoms with Crippen LogP contribution in [0.4, 0.5) is 32.0 Å². The van der Waals surface area contributed by atoms with Crippen LogP contribution >= 0.6 is 0 Å². The molecule has 0 saturated carbocycles. The molecular formula is C37H40F6N4O5. The van der Waals surface area contributed by atoms with Gasteiger partial charge in [0, 0.05) is 52.2 Å². The highest BCUT2D eigenvalue weighted by Gasteiger charge is 2.64. The predicted molar refractivity (Wildman–Crippen MR) is 179 cm³/mol. The van der Waals surface area contributed by atoms with Gasteiger partial charge in [-0.1, -0.05) is 18.2 Å². The number of alkyl halides is 6. The van der Waals surface area contributed by atoms with Gasteiger partial charge < -0.3 is 28.7 Å². The number of carbonyl (C=O) groups is 1. The van der Waals surface area contributed by atoms with Crippen molar-refractivity contribution in [2.45, 2.75) is 55.6 Å². The zero-order valence-corrected chi connectivity index (χ0v) is 28.5. The predicted octanol–water partition coefficient (Wildman–Crippen LogP) is 6.69. The molecular weight excluding hydrogens is 694 g/mol. The molecule has 2 aromatic carbocycles. The van der Waals surface area contributed by atoms with E-state index in [1.165, 1.54) is 17.0 Å². The largest absolute Gasteiger partial charge is 0.489 e. The molecule has 1 amide bonds. The molecule has 4 atom stereocenters. The first-order chi connectivity index (χ1) is 24.9. The molecule has 0 spiro atoms. The number of epoxide rings is 1. The lowest BCUT2D eigenvalue weighted by molar-refractivity contribution is -0.138. The Balaban J connectivity index is 1.28. The zero-order valence-electron chi connectivity index (χ0n) is 28.5. The number of hydrogen-bond donors (Lipinski definition) is 0. The van der Waals surface area contributed by atoms with E-state index in [1.807, 2.05) is 24.3 Å². The molecule has 3 aliphatic rings. The topological polar surface area (TPSA) is 79.9 Å². The second kappa shape index (κ2) is 15.3. The van der Waals surface area contributed by atoms with Crippen molar-refractivity contribution in [3.63, 3.8) is 0 Å². The standard InChI is InChI=1S/C37H40F6N4O5/c1-3-7-31-35(52-26-12-10-25(11-13-26)36(38,39)40,15-6-17-47(31)33(48)27-24-44-16-14-28(27)37(41,42)43)32-34(51-32)46-20-18-45(19-21-46)29-8-4-5-9-30(29)50-23-22-49-2/h3-5,8-14,16,24,31-32,34H,1,6-7,15,17-23H2,2H3. The summed E-state index contributed by atoms with van der Waals surface area (Å²) in [5, 5.41) is 0. The van der Waals surface area contributed by atoms with E-state index in [1.54, 1.807) is 13.2 Å². The highest BCUT2D eigenvalue weighted by molar-refractivity contribution is 5.96. The maximum atomic E-state index is 14.1. The van der Waals surface area contributed by atoms with Crippen LogP contribution in [0.25, 0.3) is 0 Å². The number of amides is 1. The van der Waals surface area contributed by atoms with E-state index in [0.717, 1.165) is 42.0 Å². The van der Waals surface area contributed by atoms with Crippen molar-refractivity contribution < 1.29 is 50.1 Å². The molecule has 3 fully saturated rings. The third kappa shape index (κ3) is 7.86. The van der Waals surface area contributed by atoms with Gasteiger partial charge in [0.15, 0.2) is 5.60 Å². The van der Waals surface area contributed by atoms with Crippen LogP contribution in [0.3, 0.4) is 0 Å². The van der Waals surface area contributed by atoms with Gasteiger partial charge in [0.2, 0.25) is 0 Å².